The zero-order valence-corrected chi connectivity index (χ0v) is 14.3. The van der Waals surface area contributed by atoms with Gasteiger partial charge < -0.3 is 9.88 Å². The third-order valence-electron chi connectivity index (χ3n) is 3.32. The van der Waals surface area contributed by atoms with E-state index in [0.717, 1.165) is 22.1 Å². The number of hydrogen-bond donors (Lipinski definition) is 1. The molecule has 0 bridgehead atoms. The molecular formula is C16H23N3OS. The molecule has 0 aromatic carbocycles. The van der Waals surface area contributed by atoms with Gasteiger partial charge in [-0.15, -0.1) is 11.3 Å². The molecule has 2 heterocycles. The van der Waals surface area contributed by atoms with Crippen LogP contribution in [0.1, 0.15) is 45.0 Å². The Kier molecular flexibility index (Phi) is 4.52. The molecule has 0 radical (unpaired) electrons. The lowest BCUT2D eigenvalue weighted by Gasteiger charge is -2.16. The maximum atomic E-state index is 12.8. The predicted octanol–water partition coefficient (Wildman–Crippen LogP) is 3.99. The van der Waals surface area contributed by atoms with Gasteiger partial charge >= 0.3 is 0 Å². The smallest absolute Gasteiger partial charge is 0.260 e. The van der Waals surface area contributed by atoms with E-state index in [0.29, 0.717) is 11.6 Å². The zero-order valence-electron chi connectivity index (χ0n) is 13.5. The molecule has 1 N–H and O–H groups in total. The van der Waals surface area contributed by atoms with E-state index >= 15 is 0 Å². The van der Waals surface area contributed by atoms with Crippen molar-refractivity contribution in [3.63, 3.8) is 0 Å². The van der Waals surface area contributed by atoms with Gasteiger partial charge in [0.2, 0.25) is 0 Å². The fourth-order valence-electron chi connectivity index (χ4n) is 2.56. The molecule has 2 aromatic rings. The van der Waals surface area contributed by atoms with E-state index in [1.807, 2.05) is 37.6 Å². The molecule has 2 aromatic heterocycles. The summed E-state index contributed by atoms with van der Waals surface area (Å²) in [5.41, 5.74) is 3.49. The van der Waals surface area contributed by atoms with Gasteiger partial charge in [0.15, 0.2) is 5.13 Å². The molecular weight excluding hydrogens is 282 g/mol. The van der Waals surface area contributed by atoms with Crippen LogP contribution in [0, 0.1) is 13.8 Å². The summed E-state index contributed by atoms with van der Waals surface area (Å²) >= 11 is 1.54. The number of aryl methyl sites for hydroxylation is 2. The lowest BCUT2D eigenvalue weighted by atomic mass is 10.1. The first-order valence-electron chi connectivity index (χ1n) is 7.26. The van der Waals surface area contributed by atoms with Crippen molar-refractivity contribution < 1.29 is 0 Å². The van der Waals surface area contributed by atoms with Gasteiger partial charge in [-0.05, 0) is 53.2 Å². The van der Waals surface area contributed by atoms with E-state index in [1.165, 1.54) is 11.3 Å². The molecule has 0 saturated carbocycles. The Hall–Kier alpha value is -1.62. The number of hydrogen-bond acceptors (Lipinski definition) is 4. The number of aromatic nitrogens is 2. The second kappa shape index (κ2) is 6.02. The van der Waals surface area contributed by atoms with Gasteiger partial charge in [-0.1, -0.05) is 0 Å². The topological polar surface area (TPSA) is 46.9 Å². The summed E-state index contributed by atoms with van der Waals surface area (Å²) in [6.45, 7) is 12.2. The van der Waals surface area contributed by atoms with Crippen LogP contribution < -0.4 is 10.9 Å². The van der Waals surface area contributed by atoms with Gasteiger partial charge in [-0.3, -0.25) is 4.79 Å². The van der Waals surface area contributed by atoms with Crippen molar-refractivity contribution in [1.82, 2.24) is 9.55 Å². The molecule has 4 nitrogen and oxygen atoms in total. The molecule has 114 valence electrons. The third kappa shape index (κ3) is 3.18. The highest BCUT2D eigenvalue weighted by Crippen LogP contribution is 2.26. The molecule has 0 fully saturated rings. The van der Waals surface area contributed by atoms with E-state index in [4.69, 9.17) is 0 Å². The van der Waals surface area contributed by atoms with Crippen LogP contribution in [0.3, 0.4) is 0 Å². The Labute approximate surface area is 129 Å². The van der Waals surface area contributed by atoms with Crippen LogP contribution in [-0.2, 0) is 0 Å². The number of thiazole rings is 1. The van der Waals surface area contributed by atoms with E-state index in [2.05, 4.69) is 30.2 Å². The molecule has 21 heavy (non-hydrogen) atoms. The highest BCUT2D eigenvalue weighted by molar-refractivity contribution is 7.14. The molecule has 2 rings (SSSR count). The van der Waals surface area contributed by atoms with Crippen molar-refractivity contribution in [3.05, 3.63) is 33.1 Å². The zero-order chi connectivity index (χ0) is 15.7. The lowest BCUT2D eigenvalue weighted by Crippen LogP contribution is -2.26. The highest BCUT2D eigenvalue weighted by Gasteiger charge is 2.16. The summed E-state index contributed by atoms with van der Waals surface area (Å²) < 4.78 is 1.83. The summed E-state index contributed by atoms with van der Waals surface area (Å²) in [4.78, 5) is 17.4. The molecule has 0 aliphatic rings. The van der Waals surface area contributed by atoms with Gasteiger partial charge in [0.25, 0.3) is 5.56 Å². The SMILES string of the molecule is Cc1cc(C)n(C(C)C)c(=O)c1-c1csc(NC(C)C)n1. The summed E-state index contributed by atoms with van der Waals surface area (Å²) in [5, 5.41) is 6.09. The van der Waals surface area contributed by atoms with Crippen molar-refractivity contribution in [2.45, 2.75) is 53.6 Å². The minimum atomic E-state index is 0.0453. The maximum absolute atomic E-state index is 12.8. The first-order valence-corrected chi connectivity index (χ1v) is 8.14. The summed E-state index contributed by atoms with van der Waals surface area (Å²) in [6, 6.07) is 2.53. The van der Waals surface area contributed by atoms with Gasteiger partial charge in [0.1, 0.15) is 0 Å². The van der Waals surface area contributed by atoms with Crippen LogP contribution >= 0.6 is 11.3 Å². The van der Waals surface area contributed by atoms with Crippen LogP contribution in [0.25, 0.3) is 11.3 Å². The van der Waals surface area contributed by atoms with Gasteiger partial charge in [-0.2, -0.15) is 0 Å². The monoisotopic (exact) mass is 305 g/mol. The Balaban J connectivity index is 2.56. The summed E-state index contributed by atoms with van der Waals surface area (Å²) in [6.07, 6.45) is 0. The second-order valence-electron chi connectivity index (χ2n) is 5.95. The number of nitrogens with one attached hydrogen (secondary N) is 1. The highest BCUT2D eigenvalue weighted by atomic mass is 32.1. The van der Waals surface area contributed by atoms with Crippen molar-refractivity contribution >= 4 is 16.5 Å². The van der Waals surface area contributed by atoms with Gasteiger partial charge in [-0.25, -0.2) is 4.98 Å². The predicted molar refractivity (Wildman–Crippen MR) is 90.4 cm³/mol. The first kappa shape index (κ1) is 15.8. The molecule has 0 aliphatic carbocycles. The second-order valence-corrected chi connectivity index (χ2v) is 6.81. The Morgan fingerprint density at radius 1 is 1.24 bits per heavy atom. The van der Waals surface area contributed by atoms with Crippen molar-refractivity contribution in [1.29, 1.82) is 0 Å². The normalized spacial score (nSPS) is 11.4. The summed E-state index contributed by atoms with van der Waals surface area (Å²) in [7, 11) is 0. The Morgan fingerprint density at radius 2 is 1.90 bits per heavy atom. The largest absolute Gasteiger partial charge is 0.359 e. The third-order valence-corrected chi connectivity index (χ3v) is 4.09. The Bertz CT molecular complexity index is 698. The van der Waals surface area contributed by atoms with Crippen LogP contribution in [0.15, 0.2) is 16.2 Å². The average molecular weight is 305 g/mol. The fraction of sp³-hybridized carbons (Fsp3) is 0.500. The van der Waals surface area contributed by atoms with Crippen LogP contribution in [-0.4, -0.2) is 15.6 Å². The van der Waals surface area contributed by atoms with E-state index < -0.39 is 0 Å². The van der Waals surface area contributed by atoms with Gasteiger partial charge in [0, 0.05) is 23.2 Å². The van der Waals surface area contributed by atoms with Crippen LogP contribution in [0.4, 0.5) is 5.13 Å². The van der Waals surface area contributed by atoms with Crippen LogP contribution in [0.5, 0.6) is 0 Å². The number of nitrogens with zero attached hydrogens (tertiary/aromatic N) is 2. The van der Waals surface area contributed by atoms with Crippen molar-refractivity contribution in [3.8, 4) is 11.3 Å². The van der Waals surface area contributed by atoms with E-state index in [-0.39, 0.29) is 11.6 Å². The molecule has 5 heteroatoms. The first-order chi connectivity index (χ1) is 9.81. The minimum Gasteiger partial charge on any atom is -0.359 e. The summed E-state index contributed by atoms with van der Waals surface area (Å²) in [5.74, 6) is 0. The Morgan fingerprint density at radius 3 is 2.48 bits per heavy atom. The fourth-order valence-corrected chi connectivity index (χ4v) is 3.41. The molecule has 0 atom stereocenters. The molecule has 0 unspecified atom stereocenters. The average Bonchev–Trinajstić information content (AvgIpc) is 2.74. The number of anilines is 1. The van der Waals surface area contributed by atoms with E-state index in [1.54, 1.807) is 0 Å². The lowest BCUT2D eigenvalue weighted by molar-refractivity contribution is 0.563. The van der Waals surface area contributed by atoms with Crippen LogP contribution in [0.2, 0.25) is 0 Å². The minimum absolute atomic E-state index is 0.0453. The molecule has 0 aliphatic heterocycles. The number of pyridine rings is 1. The van der Waals surface area contributed by atoms with Crippen molar-refractivity contribution in [2.75, 3.05) is 5.32 Å². The maximum Gasteiger partial charge on any atom is 0.260 e. The quantitative estimate of drug-likeness (QED) is 0.929. The molecule has 0 spiro atoms. The molecule has 0 amide bonds. The number of rotatable bonds is 4. The van der Waals surface area contributed by atoms with Crippen molar-refractivity contribution in [2.24, 2.45) is 0 Å². The molecule has 0 saturated heterocycles. The van der Waals surface area contributed by atoms with Gasteiger partial charge in [0.05, 0.1) is 11.3 Å². The standard InChI is InChI=1S/C16H23N3OS/c1-9(2)17-16-18-13(8-21-16)14-11(5)7-12(6)19(10(3)4)15(14)20/h7-10H,1-6H3,(H,17,18). The van der Waals surface area contributed by atoms with E-state index in [9.17, 15) is 4.79 Å².